The minimum Gasteiger partial charge on any atom is -0.465 e. The molecule has 2 atom stereocenters. The number of rotatable bonds is 4. The van der Waals surface area contributed by atoms with Gasteiger partial charge in [-0.25, -0.2) is 4.79 Å². The lowest BCUT2D eigenvalue weighted by atomic mass is 10.2. The first kappa shape index (κ1) is 16.5. The van der Waals surface area contributed by atoms with Gasteiger partial charge in [-0.05, 0) is 20.8 Å². The van der Waals surface area contributed by atoms with Gasteiger partial charge in [0.15, 0.2) is 4.87 Å². The molecule has 5 nitrogen and oxygen atoms in total. The van der Waals surface area contributed by atoms with E-state index >= 15 is 0 Å². The zero-order chi connectivity index (χ0) is 12.2. The molecule has 0 aromatic carbocycles. The van der Waals surface area contributed by atoms with Crippen molar-refractivity contribution in [1.29, 1.82) is 0 Å². The fourth-order valence-corrected chi connectivity index (χ4v) is 2.54. The average molecular weight is 284 g/mol. The number of carbonyl (C=O) groups is 2. The highest BCUT2D eigenvalue weighted by atomic mass is 35.5. The van der Waals surface area contributed by atoms with Crippen LogP contribution in [0.1, 0.15) is 20.8 Å². The maximum Gasteiger partial charge on any atom is 0.336 e. The minimum atomic E-state index is -0.840. The van der Waals surface area contributed by atoms with Crippen LogP contribution in [-0.2, 0) is 19.1 Å². The molecule has 0 bridgehead atoms. The number of nitrogens with one attached hydrogen (secondary N) is 1. The van der Waals surface area contributed by atoms with E-state index in [2.05, 4.69) is 5.32 Å². The normalized spacial score (nSPS) is 27.1. The van der Waals surface area contributed by atoms with Crippen molar-refractivity contribution < 1.29 is 19.1 Å². The molecule has 1 heterocycles. The smallest absolute Gasteiger partial charge is 0.336 e. The van der Waals surface area contributed by atoms with Crippen molar-refractivity contribution in [2.45, 2.75) is 31.7 Å². The maximum absolute atomic E-state index is 11.6. The highest BCUT2D eigenvalue weighted by Gasteiger charge is 2.45. The molecule has 0 aromatic rings. The van der Waals surface area contributed by atoms with E-state index in [1.807, 2.05) is 0 Å². The van der Waals surface area contributed by atoms with Crippen molar-refractivity contribution >= 4 is 36.1 Å². The summed E-state index contributed by atoms with van der Waals surface area (Å²) in [6, 6.07) is -0.431. The molecule has 1 fully saturated rings. The van der Waals surface area contributed by atoms with Gasteiger partial charge in [-0.3, -0.25) is 10.1 Å². The van der Waals surface area contributed by atoms with Crippen LogP contribution in [0.25, 0.3) is 0 Å². The Morgan fingerprint density at radius 1 is 1.35 bits per heavy atom. The molecular weight excluding hydrogens is 266 g/mol. The van der Waals surface area contributed by atoms with Crippen molar-refractivity contribution in [2.75, 3.05) is 19.0 Å². The number of hydrogen-bond donors (Lipinski definition) is 1. The van der Waals surface area contributed by atoms with Crippen molar-refractivity contribution in [1.82, 2.24) is 5.32 Å². The van der Waals surface area contributed by atoms with E-state index in [4.69, 9.17) is 9.47 Å². The predicted molar refractivity (Wildman–Crippen MR) is 68.3 cm³/mol. The summed E-state index contributed by atoms with van der Waals surface area (Å²) < 4.78 is 9.83. The summed E-state index contributed by atoms with van der Waals surface area (Å²) in [5, 5.41) is 2.95. The second-order valence-electron chi connectivity index (χ2n) is 3.51. The standard InChI is InChI=1S/C10H17NO4S.ClH/c1-4-14-8(12)7-6-16-10(3,11-7)9(13)15-5-2;/h7,11H,4-6H2,1-3H3;1H. The van der Waals surface area contributed by atoms with Gasteiger partial charge in [0.1, 0.15) is 6.04 Å². The van der Waals surface area contributed by atoms with E-state index in [1.54, 1.807) is 20.8 Å². The molecule has 0 spiro atoms. The molecule has 0 saturated carbocycles. The van der Waals surface area contributed by atoms with Crippen LogP contribution in [0.15, 0.2) is 0 Å². The molecule has 0 amide bonds. The Balaban J connectivity index is 0.00000256. The molecule has 1 aliphatic heterocycles. The summed E-state index contributed by atoms with van der Waals surface area (Å²) in [6.45, 7) is 5.90. The number of halogens is 1. The molecule has 0 aliphatic carbocycles. The molecule has 1 aliphatic rings. The lowest BCUT2D eigenvalue weighted by molar-refractivity contribution is -0.148. The van der Waals surface area contributed by atoms with Gasteiger partial charge < -0.3 is 9.47 Å². The van der Waals surface area contributed by atoms with Crippen LogP contribution in [0, 0.1) is 0 Å². The highest BCUT2D eigenvalue weighted by molar-refractivity contribution is 8.01. The molecule has 7 heteroatoms. The average Bonchev–Trinajstić information content (AvgIpc) is 2.63. The highest BCUT2D eigenvalue weighted by Crippen LogP contribution is 2.31. The summed E-state index contributed by atoms with van der Waals surface area (Å²) in [6.07, 6.45) is 0. The quantitative estimate of drug-likeness (QED) is 0.775. The molecule has 1 rings (SSSR count). The third-order valence-electron chi connectivity index (χ3n) is 2.22. The zero-order valence-electron chi connectivity index (χ0n) is 10.1. The van der Waals surface area contributed by atoms with E-state index in [0.29, 0.717) is 19.0 Å². The fraction of sp³-hybridized carbons (Fsp3) is 0.800. The lowest BCUT2D eigenvalue weighted by Crippen LogP contribution is -2.49. The molecule has 1 N–H and O–H groups in total. The van der Waals surface area contributed by atoms with Crippen molar-refractivity contribution in [3.05, 3.63) is 0 Å². The Morgan fingerprint density at radius 2 is 1.94 bits per heavy atom. The predicted octanol–water partition coefficient (Wildman–Crippen LogP) is 0.956. The van der Waals surface area contributed by atoms with Crippen LogP contribution in [0.2, 0.25) is 0 Å². The summed E-state index contributed by atoms with van der Waals surface area (Å²) >= 11 is 1.37. The number of thioether (sulfide) groups is 1. The van der Waals surface area contributed by atoms with Gasteiger partial charge in [-0.15, -0.1) is 24.2 Å². The van der Waals surface area contributed by atoms with Crippen LogP contribution >= 0.6 is 24.2 Å². The van der Waals surface area contributed by atoms with Gasteiger partial charge in [0.05, 0.1) is 13.2 Å². The summed E-state index contributed by atoms with van der Waals surface area (Å²) in [4.78, 5) is 22.3. The van der Waals surface area contributed by atoms with Gasteiger partial charge in [0.2, 0.25) is 0 Å². The van der Waals surface area contributed by atoms with E-state index in [-0.39, 0.29) is 24.3 Å². The maximum atomic E-state index is 11.6. The molecule has 17 heavy (non-hydrogen) atoms. The SMILES string of the molecule is CCOC(=O)C1CSC(C)(C(=O)OCC)N1.Cl. The largest absolute Gasteiger partial charge is 0.465 e. The molecule has 2 unspecified atom stereocenters. The van der Waals surface area contributed by atoms with E-state index in [0.717, 1.165) is 0 Å². The van der Waals surface area contributed by atoms with E-state index in [1.165, 1.54) is 11.8 Å². The van der Waals surface area contributed by atoms with Crippen LogP contribution in [-0.4, -0.2) is 41.8 Å². The number of esters is 2. The minimum absolute atomic E-state index is 0. The van der Waals surface area contributed by atoms with Gasteiger partial charge in [0, 0.05) is 5.75 Å². The second-order valence-corrected chi connectivity index (χ2v) is 4.95. The Kier molecular flexibility index (Phi) is 6.89. The van der Waals surface area contributed by atoms with Crippen LogP contribution < -0.4 is 5.32 Å². The van der Waals surface area contributed by atoms with Gasteiger partial charge in [-0.1, -0.05) is 0 Å². The van der Waals surface area contributed by atoms with Gasteiger partial charge >= 0.3 is 11.9 Å². The first-order valence-electron chi connectivity index (χ1n) is 5.29. The van der Waals surface area contributed by atoms with Crippen molar-refractivity contribution in [3.8, 4) is 0 Å². The fourth-order valence-electron chi connectivity index (χ4n) is 1.42. The molecular formula is C10H18ClNO4S. The first-order valence-corrected chi connectivity index (χ1v) is 6.27. The van der Waals surface area contributed by atoms with E-state index < -0.39 is 10.9 Å². The topological polar surface area (TPSA) is 64.6 Å². The van der Waals surface area contributed by atoms with Crippen LogP contribution in [0.3, 0.4) is 0 Å². The number of ether oxygens (including phenoxy) is 2. The third kappa shape index (κ3) is 4.04. The monoisotopic (exact) mass is 283 g/mol. The number of hydrogen-bond acceptors (Lipinski definition) is 6. The van der Waals surface area contributed by atoms with Crippen LogP contribution in [0.4, 0.5) is 0 Å². The Labute approximate surface area is 111 Å². The first-order chi connectivity index (χ1) is 7.53. The molecule has 1 saturated heterocycles. The summed E-state index contributed by atoms with van der Waals surface area (Å²) in [5.41, 5.74) is 0. The van der Waals surface area contributed by atoms with Crippen LogP contribution in [0.5, 0.6) is 0 Å². The summed E-state index contributed by atoms with van der Waals surface area (Å²) in [5.74, 6) is -0.136. The molecule has 0 radical (unpaired) electrons. The van der Waals surface area contributed by atoms with Gasteiger partial charge in [0.25, 0.3) is 0 Å². The Bertz CT molecular complexity index is 289. The Morgan fingerprint density at radius 3 is 2.47 bits per heavy atom. The number of carbonyl (C=O) groups excluding carboxylic acids is 2. The van der Waals surface area contributed by atoms with Crippen molar-refractivity contribution in [3.63, 3.8) is 0 Å². The molecule has 0 aromatic heterocycles. The van der Waals surface area contributed by atoms with E-state index in [9.17, 15) is 9.59 Å². The summed E-state index contributed by atoms with van der Waals surface area (Å²) in [7, 11) is 0. The second kappa shape index (κ2) is 7.08. The lowest BCUT2D eigenvalue weighted by Gasteiger charge is -2.21. The Hall–Kier alpha value is -0.460. The van der Waals surface area contributed by atoms with Gasteiger partial charge in [-0.2, -0.15) is 0 Å². The molecule has 100 valence electrons. The van der Waals surface area contributed by atoms with Crippen molar-refractivity contribution in [2.24, 2.45) is 0 Å². The third-order valence-corrected chi connectivity index (χ3v) is 3.59. The zero-order valence-corrected chi connectivity index (χ0v) is 11.8.